The number of hydrogen-bond donors (Lipinski definition) is 1. The second-order valence-electron chi connectivity index (χ2n) is 10.1. The van der Waals surface area contributed by atoms with Crippen molar-refractivity contribution >= 4 is 22.2 Å². The summed E-state index contributed by atoms with van der Waals surface area (Å²) in [6.07, 6.45) is 5.36. The molecule has 1 N–H and O–H groups in total. The van der Waals surface area contributed by atoms with Gasteiger partial charge in [0.25, 0.3) is 0 Å². The van der Waals surface area contributed by atoms with Crippen LogP contribution in [0.3, 0.4) is 0 Å². The van der Waals surface area contributed by atoms with Gasteiger partial charge in [-0.05, 0) is 42.8 Å². The standard InChI is InChI=1S/C28H32N8O/c1-34-13-4-7-24(34)19-37-28-32-27(35-14-12-30-23(18-35)10-11-29)26-31-17-25(36(26)33-28)16-20-8-9-21-5-2-3-6-22(21)15-20/h2-3,5-6,8-9,15,17,23-24,30H,4,7,10,12-14,16,18-19H2,1H3/t23-,24-/m0/s1. The highest BCUT2D eigenvalue weighted by atomic mass is 16.5. The zero-order chi connectivity index (χ0) is 25.2. The molecule has 9 nitrogen and oxygen atoms in total. The van der Waals surface area contributed by atoms with E-state index >= 15 is 0 Å². The molecule has 4 heterocycles. The van der Waals surface area contributed by atoms with Gasteiger partial charge in [0.2, 0.25) is 0 Å². The number of imidazole rings is 1. The number of anilines is 1. The summed E-state index contributed by atoms with van der Waals surface area (Å²) in [5.74, 6) is 0.763. The third-order valence-corrected chi connectivity index (χ3v) is 7.56. The molecule has 0 bridgehead atoms. The summed E-state index contributed by atoms with van der Waals surface area (Å²) in [5.41, 5.74) is 2.91. The number of rotatable bonds is 7. The Morgan fingerprint density at radius 2 is 2.05 bits per heavy atom. The number of aromatic nitrogens is 4. The number of nitriles is 1. The molecule has 2 aromatic carbocycles. The molecule has 37 heavy (non-hydrogen) atoms. The maximum absolute atomic E-state index is 9.22. The molecule has 2 aliphatic rings. The van der Waals surface area contributed by atoms with Crippen molar-refractivity contribution in [3.8, 4) is 12.1 Å². The van der Waals surface area contributed by atoms with Gasteiger partial charge >= 0.3 is 6.01 Å². The molecule has 2 aromatic heterocycles. The molecule has 6 rings (SSSR count). The average molecular weight is 497 g/mol. The van der Waals surface area contributed by atoms with Crippen LogP contribution in [0.4, 0.5) is 5.82 Å². The van der Waals surface area contributed by atoms with Crippen molar-refractivity contribution in [3.05, 3.63) is 59.9 Å². The predicted octanol–water partition coefficient (Wildman–Crippen LogP) is 3.03. The normalized spacial score (nSPS) is 20.5. The number of benzene rings is 2. The summed E-state index contributed by atoms with van der Waals surface area (Å²) in [5, 5.41) is 19.9. The molecule has 190 valence electrons. The van der Waals surface area contributed by atoms with Gasteiger partial charge in [-0.3, -0.25) is 0 Å². The molecule has 9 heteroatoms. The van der Waals surface area contributed by atoms with Crippen LogP contribution in [0.25, 0.3) is 16.4 Å². The molecule has 4 aromatic rings. The first-order chi connectivity index (χ1) is 18.2. The highest BCUT2D eigenvalue weighted by Crippen LogP contribution is 2.25. The number of nitrogens with one attached hydrogen (secondary N) is 1. The molecular weight excluding hydrogens is 464 g/mol. The molecule has 2 saturated heterocycles. The van der Waals surface area contributed by atoms with Gasteiger partial charge in [-0.1, -0.05) is 42.5 Å². The molecule has 0 spiro atoms. The first-order valence-corrected chi connectivity index (χ1v) is 13.1. The van der Waals surface area contributed by atoms with Crippen molar-refractivity contribution in [3.63, 3.8) is 0 Å². The topological polar surface area (TPSA) is 94.6 Å². The fraction of sp³-hybridized carbons (Fsp3) is 0.429. The van der Waals surface area contributed by atoms with Crippen molar-refractivity contribution in [1.29, 1.82) is 5.26 Å². The number of fused-ring (bicyclic) bond motifs is 2. The van der Waals surface area contributed by atoms with E-state index in [1.165, 1.54) is 22.8 Å². The molecule has 0 amide bonds. The smallest absolute Gasteiger partial charge is 0.336 e. The maximum atomic E-state index is 9.22. The number of piperazine rings is 1. The summed E-state index contributed by atoms with van der Waals surface area (Å²) in [6, 6.07) is 18.1. The quantitative estimate of drug-likeness (QED) is 0.417. The Morgan fingerprint density at radius 3 is 2.89 bits per heavy atom. The van der Waals surface area contributed by atoms with E-state index in [4.69, 9.17) is 19.8 Å². The van der Waals surface area contributed by atoms with Gasteiger partial charge < -0.3 is 19.9 Å². The van der Waals surface area contributed by atoms with E-state index in [0.717, 1.165) is 43.2 Å². The Kier molecular flexibility index (Phi) is 6.60. The third-order valence-electron chi connectivity index (χ3n) is 7.56. The van der Waals surface area contributed by atoms with Crippen LogP contribution in [0.15, 0.2) is 48.7 Å². The molecule has 0 unspecified atom stereocenters. The predicted molar refractivity (Wildman–Crippen MR) is 143 cm³/mol. The van der Waals surface area contributed by atoms with Crippen molar-refractivity contribution in [2.45, 2.75) is 37.8 Å². The van der Waals surface area contributed by atoms with Crippen LogP contribution >= 0.6 is 0 Å². The first kappa shape index (κ1) is 23.6. The second-order valence-corrected chi connectivity index (χ2v) is 10.1. The average Bonchev–Trinajstić information content (AvgIpc) is 3.53. The summed E-state index contributed by atoms with van der Waals surface area (Å²) in [7, 11) is 2.14. The maximum Gasteiger partial charge on any atom is 0.336 e. The molecule has 0 radical (unpaired) electrons. The summed E-state index contributed by atoms with van der Waals surface area (Å²) < 4.78 is 8.09. The lowest BCUT2D eigenvalue weighted by Crippen LogP contribution is -2.51. The van der Waals surface area contributed by atoms with Crippen LogP contribution in [-0.2, 0) is 6.42 Å². The van der Waals surface area contributed by atoms with Crippen LogP contribution in [0.2, 0.25) is 0 Å². The van der Waals surface area contributed by atoms with E-state index in [0.29, 0.717) is 38.0 Å². The van der Waals surface area contributed by atoms with Gasteiger partial charge in [-0.25, -0.2) is 9.50 Å². The van der Waals surface area contributed by atoms with E-state index in [9.17, 15) is 5.26 Å². The number of ether oxygens (including phenoxy) is 1. The first-order valence-electron chi connectivity index (χ1n) is 13.1. The Hall–Kier alpha value is -3.74. The van der Waals surface area contributed by atoms with Crippen LogP contribution < -0.4 is 15.0 Å². The van der Waals surface area contributed by atoms with Gasteiger partial charge in [0.05, 0.1) is 24.4 Å². The van der Waals surface area contributed by atoms with Crippen molar-refractivity contribution in [1.82, 2.24) is 29.8 Å². The fourth-order valence-corrected chi connectivity index (χ4v) is 5.47. The van der Waals surface area contributed by atoms with E-state index in [1.54, 1.807) is 0 Å². The van der Waals surface area contributed by atoms with Crippen molar-refractivity contribution in [2.75, 3.05) is 44.7 Å². The lowest BCUT2D eigenvalue weighted by atomic mass is 10.0. The minimum atomic E-state index is 0.0947. The summed E-state index contributed by atoms with van der Waals surface area (Å²) >= 11 is 0. The zero-order valence-corrected chi connectivity index (χ0v) is 21.2. The monoisotopic (exact) mass is 496 g/mol. The minimum Gasteiger partial charge on any atom is -0.461 e. The van der Waals surface area contributed by atoms with Gasteiger partial charge in [0.15, 0.2) is 11.5 Å². The Balaban J connectivity index is 1.34. The van der Waals surface area contributed by atoms with Gasteiger partial charge in [0, 0.05) is 38.1 Å². The SMILES string of the molecule is CN1CCC[C@H]1COc1nc(N2CCN[C@@H](CC#N)C2)c2ncc(Cc3ccc4ccccc4c3)n2n1. The third kappa shape index (κ3) is 4.95. The van der Waals surface area contributed by atoms with Crippen molar-refractivity contribution < 1.29 is 4.74 Å². The zero-order valence-electron chi connectivity index (χ0n) is 21.2. The van der Waals surface area contributed by atoms with Crippen molar-refractivity contribution in [2.24, 2.45) is 0 Å². The lowest BCUT2D eigenvalue weighted by molar-refractivity contribution is 0.185. The second kappa shape index (κ2) is 10.3. The summed E-state index contributed by atoms with van der Waals surface area (Å²) in [6.45, 7) is 3.92. The van der Waals surface area contributed by atoms with Crippen LogP contribution in [0.1, 0.15) is 30.5 Å². The van der Waals surface area contributed by atoms with Gasteiger partial charge in [-0.15, -0.1) is 5.10 Å². The van der Waals surface area contributed by atoms with Crippen LogP contribution in [0, 0.1) is 11.3 Å². The lowest BCUT2D eigenvalue weighted by Gasteiger charge is -2.33. The van der Waals surface area contributed by atoms with E-state index in [-0.39, 0.29) is 6.04 Å². The number of likely N-dealkylation sites (N-methyl/N-ethyl adjacent to an activating group) is 1. The molecule has 2 atom stereocenters. The molecule has 0 saturated carbocycles. The molecule has 2 aliphatic heterocycles. The van der Waals surface area contributed by atoms with E-state index < -0.39 is 0 Å². The Bertz CT molecular complexity index is 1440. The van der Waals surface area contributed by atoms with Crippen LogP contribution in [-0.4, -0.2) is 76.4 Å². The minimum absolute atomic E-state index is 0.0947. The highest BCUT2D eigenvalue weighted by Gasteiger charge is 2.26. The van der Waals surface area contributed by atoms with E-state index in [2.05, 4.69) is 70.7 Å². The van der Waals surface area contributed by atoms with E-state index in [1.807, 2.05) is 10.7 Å². The largest absolute Gasteiger partial charge is 0.461 e. The highest BCUT2D eigenvalue weighted by molar-refractivity contribution is 5.83. The molecular formula is C28H32N8O. The van der Waals surface area contributed by atoms with Gasteiger partial charge in [0.1, 0.15) is 6.61 Å². The fourth-order valence-electron chi connectivity index (χ4n) is 5.47. The number of likely N-dealkylation sites (tertiary alicyclic amines) is 1. The summed E-state index contributed by atoms with van der Waals surface area (Å²) in [4.78, 5) is 14.2. The molecule has 2 fully saturated rings. The van der Waals surface area contributed by atoms with Crippen LogP contribution in [0.5, 0.6) is 6.01 Å². The number of nitrogens with zero attached hydrogens (tertiary/aromatic N) is 7. The Morgan fingerprint density at radius 1 is 1.16 bits per heavy atom. The number of hydrogen-bond acceptors (Lipinski definition) is 8. The molecule has 0 aliphatic carbocycles. The van der Waals surface area contributed by atoms with Gasteiger partial charge in [-0.2, -0.15) is 10.2 Å². The Labute approximate surface area is 216 Å².